The van der Waals surface area contributed by atoms with E-state index in [0.717, 1.165) is 31.6 Å². The second-order valence-corrected chi connectivity index (χ2v) is 6.70. The van der Waals surface area contributed by atoms with Gasteiger partial charge in [0.2, 0.25) is 5.91 Å². The quantitative estimate of drug-likeness (QED) is 0.899. The van der Waals surface area contributed by atoms with Crippen LogP contribution in [0.2, 0.25) is 0 Å². The van der Waals surface area contributed by atoms with Gasteiger partial charge in [0.1, 0.15) is 5.82 Å². The van der Waals surface area contributed by atoms with Crippen LogP contribution in [0.3, 0.4) is 0 Å². The van der Waals surface area contributed by atoms with Crippen LogP contribution < -0.4 is 5.32 Å². The van der Waals surface area contributed by atoms with Crippen LogP contribution in [0.15, 0.2) is 6.20 Å². The van der Waals surface area contributed by atoms with Crippen molar-refractivity contribution in [2.75, 3.05) is 20.1 Å². The number of nitrogens with one attached hydrogen (secondary N) is 1. The number of hydrogen-bond donors (Lipinski definition) is 1. The SMILES string of the molecule is CN1CCC[C@H](CCC(=O)NCc2ncc3c(n2)CCC3)C1. The van der Waals surface area contributed by atoms with E-state index in [-0.39, 0.29) is 5.91 Å². The third kappa shape index (κ3) is 4.03. The van der Waals surface area contributed by atoms with Crippen molar-refractivity contribution in [2.45, 2.75) is 51.5 Å². The summed E-state index contributed by atoms with van der Waals surface area (Å²) in [5.41, 5.74) is 2.45. The molecule has 1 N–H and O–H groups in total. The first-order valence-electron chi connectivity index (χ1n) is 8.49. The minimum absolute atomic E-state index is 0.123. The summed E-state index contributed by atoms with van der Waals surface area (Å²) >= 11 is 0. The molecule has 3 rings (SSSR count). The predicted octanol–water partition coefficient (Wildman–Crippen LogP) is 1.70. The Morgan fingerprint density at radius 3 is 3.18 bits per heavy atom. The smallest absolute Gasteiger partial charge is 0.220 e. The molecule has 1 aromatic rings. The molecule has 1 aromatic heterocycles. The molecular weight excluding hydrogens is 276 g/mol. The summed E-state index contributed by atoms with van der Waals surface area (Å²) < 4.78 is 0. The molecular formula is C17H26N4O. The first-order valence-corrected chi connectivity index (χ1v) is 8.49. The maximum atomic E-state index is 12.0. The van der Waals surface area contributed by atoms with Crippen molar-refractivity contribution in [3.05, 3.63) is 23.3 Å². The van der Waals surface area contributed by atoms with Gasteiger partial charge in [0.05, 0.1) is 6.54 Å². The van der Waals surface area contributed by atoms with Gasteiger partial charge < -0.3 is 10.2 Å². The number of aryl methyl sites for hydroxylation is 2. The van der Waals surface area contributed by atoms with E-state index < -0.39 is 0 Å². The van der Waals surface area contributed by atoms with Crippen molar-refractivity contribution >= 4 is 5.91 Å². The fraction of sp³-hybridized carbons (Fsp3) is 0.706. The van der Waals surface area contributed by atoms with Crippen LogP contribution in [0.25, 0.3) is 0 Å². The highest BCUT2D eigenvalue weighted by Gasteiger charge is 2.18. The molecule has 2 heterocycles. The van der Waals surface area contributed by atoms with E-state index >= 15 is 0 Å². The Labute approximate surface area is 132 Å². The Balaban J connectivity index is 1.40. The molecule has 120 valence electrons. The van der Waals surface area contributed by atoms with E-state index in [0.29, 0.717) is 18.9 Å². The largest absolute Gasteiger partial charge is 0.349 e. The van der Waals surface area contributed by atoms with E-state index in [1.165, 1.54) is 37.1 Å². The van der Waals surface area contributed by atoms with E-state index in [9.17, 15) is 4.79 Å². The lowest BCUT2D eigenvalue weighted by Gasteiger charge is -2.29. The molecule has 1 aliphatic heterocycles. The highest BCUT2D eigenvalue weighted by Crippen LogP contribution is 2.20. The second kappa shape index (κ2) is 7.18. The van der Waals surface area contributed by atoms with Gasteiger partial charge >= 0.3 is 0 Å². The lowest BCUT2D eigenvalue weighted by atomic mass is 9.93. The zero-order chi connectivity index (χ0) is 15.4. The number of likely N-dealkylation sites (tertiary alicyclic amines) is 1. The number of nitrogens with zero attached hydrogens (tertiary/aromatic N) is 3. The molecule has 1 fully saturated rings. The van der Waals surface area contributed by atoms with Gasteiger partial charge in [0.15, 0.2) is 0 Å². The first-order chi connectivity index (χ1) is 10.7. The summed E-state index contributed by atoms with van der Waals surface area (Å²) in [6, 6.07) is 0. The zero-order valence-electron chi connectivity index (χ0n) is 13.5. The van der Waals surface area contributed by atoms with Crippen molar-refractivity contribution in [3.8, 4) is 0 Å². The number of hydrogen-bond acceptors (Lipinski definition) is 4. The zero-order valence-corrected chi connectivity index (χ0v) is 13.5. The number of aromatic nitrogens is 2. The van der Waals surface area contributed by atoms with Crippen LogP contribution in [0.4, 0.5) is 0 Å². The van der Waals surface area contributed by atoms with Gasteiger partial charge in [-0.05, 0) is 63.6 Å². The van der Waals surface area contributed by atoms with Gasteiger partial charge in [0.25, 0.3) is 0 Å². The van der Waals surface area contributed by atoms with Crippen molar-refractivity contribution in [3.63, 3.8) is 0 Å². The van der Waals surface area contributed by atoms with Gasteiger partial charge in [-0.3, -0.25) is 4.79 Å². The lowest BCUT2D eigenvalue weighted by Crippen LogP contribution is -2.33. The molecule has 0 spiro atoms. The summed E-state index contributed by atoms with van der Waals surface area (Å²) in [5.74, 6) is 1.53. The summed E-state index contributed by atoms with van der Waals surface area (Å²) in [4.78, 5) is 23.3. The van der Waals surface area contributed by atoms with Crippen LogP contribution in [-0.4, -0.2) is 40.9 Å². The minimum Gasteiger partial charge on any atom is -0.349 e. The molecule has 0 unspecified atom stereocenters. The van der Waals surface area contributed by atoms with Crippen molar-refractivity contribution in [1.29, 1.82) is 0 Å². The van der Waals surface area contributed by atoms with Gasteiger partial charge in [-0.15, -0.1) is 0 Å². The average molecular weight is 302 g/mol. The van der Waals surface area contributed by atoms with Crippen LogP contribution in [-0.2, 0) is 24.2 Å². The first kappa shape index (κ1) is 15.4. The summed E-state index contributed by atoms with van der Waals surface area (Å²) in [6.45, 7) is 2.77. The van der Waals surface area contributed by atoms with Crippen LogP contribution >= 0.6 is 0 Å². The monoisotopic (exact) mass is 302 g/mol. The maximum absolute atomic E-state index is 12.0. The Kier molecular flexibility index (Phi) is 5.03. The number of carbonyl (C=O) groups excluding carboxylic acids is 1. The molecule has 22 heavy (non-hydrogen) atoms. The molecule has 5 nitrogen and oxygen atoms in total. The molecule has 1 aliphatic carbocycles. The third-order valence-corrected chi connectivity index (χ3v) is 4.81. The van der Waals surface area contributed by atoms with Gasteiger partial charge in [-0.1, -0.05) is 0 Å². The van der Waals surface area contributed by atoms with Gasteiger partial charge in [0, 0.05) is 24.9 Å². The molecule has 2 aliphatic rings. The predicted molar refractivity (Wildman–Crippen MR) is 85.4 cm³/mol. The maximum Gasteiger partial charge on any atom is 0.220 e. The van der Waals surface area contributed by atoms with Crippen molar-refractivity contribution in [2.24, 2.45) is 5.92 Å². The second-order valence-electron chi connectivity index (χ2n) is 6.70. The highest BCUT2D eigenvalue weighted by atomic mass is 16.1. The topological polar surface area (TPSA) is 58.1 Å². The fourth-order valence-corrected chi connectivity index (χ4v) is 3.55. The summed E-state index contributed by atoms with van der Waals surface area (Å²) in [7, 11) is 2.16. The lowest BCUT2D eigenvalue weighted by molar-refractivity contribution is -0.121. The fourth-order valence-electron chi connectivity index (χ4n) is 3.55. The molecule has 5 heteroatoms. The molecule has 0 bridgehead atoms. The number of carbonyl (C=O) groups is 1. The average Bonchev–Trinajstić information content (AvgIpc) is 2.98. The Bertz CT molecular complexity index is 531. The highest BCUT2D eigenvalue weighted by molar-refractivity contribution is 5.75. The van der Waals surface area contributed by atoms with Crippen LogP contribution in [0.5, 0.6) is 0 Å². The molecule has 1 atom stereocenters. The Morgan fingerprint density at radius 2 is 2.32 bits per heavy atom. The van der Waals surface area contributed by atoms with E-state index in [4.69, 9.17) is 0 Å². The molecule has 0 aromatic carbocycles. The standard InChI is InChI=1S/C17H26N4O/c1-21-9-3-4-13(12-21)7-8-17(22)19-11-16-18-10-14-5-2-6-15(14)20-16/h10,13H,2-9,11-12H2,1H3,(H,19,22)/t13-/m1/s1. The summed E-state index contributed by atoms with van der Waals surface area (Å²) in [6.07, 6.45) is 9.36. The van der Waals surface area contributed by atoms with E-state index in [1.807, 2.05) is 6.20 Å². The molecule has 0 radical (unpaired) electrons. The van der Waals surface area contributed by atoms with E-state index in [1.54, 1.807) is 0 Å². The molecule has 1 saturated heterocycles. The minimum atomic E-state index is 0.123. The Hall–Kier alpha value is -1.49. The normalized spacial score (nSPS) is 21.6. The van der Waals surface area contributed by atoms with Crippen LogP contribution in [0, 0.1) is 5.92 Å². The summed E-state index contributed by atoms with van der Waals surface area (Å²) in [5, 5.41) is 2.96. The van der Waals surface area contributed by atoms with Gasteiger partial charge in [-0.25, -0.2) is 9.97 Å². The number of fused-ring (bicyclic) bond motifs is 1. The molecule has 1 amide bonds. The molecule has 0 saturated carbocycles. The number of piperidine rings is 1. The van der Waals surface area contributed by atoms with Crippen molar-refractivity contribution < 1.29 is 4.79 Å². The Morgan fingerprint density at radius 1 is 1.41 bits per heavy atom. The number of amides is 1. The van der Waals surface area contributed by atoms with E-state index in [2.05, 4.69) is 27.2 Å². The number of rotatable bonds is 5. The van der Waals surface area contributed by atoms with Crippen molar-refractivity contribution in [1.82, 2.24) is 20.2 Å². The van der Waals surface area contributed by atoms with Crippen LogP contribution in [0.1, 0.15) is 49.2 Å². The third-order valence-electron chi connectivity index (χ3n) is 4.81. The van der Waals surface area contributed by atoms with Gasteiger partial charge in [-0.2, -0.15) is 0 Å².